The van der Waals surface area contributed by atoms with Gasteiger partial charge in [-0.25, -0.2) is 9.67 Å². The molecule has 4 aromatic rings. The molecule has 0 aliphatic carbocycles. The number of anilines is 1. The number of benzene rings is 2. The molecule has 9 heteroatoms. The molecule has 160 valence electrons. The van der Waals surface area contributed by atoms with E-state index in [1.54, 1.807) is 42.3 Å². The molecule has 0 spiro atoms. The molecule has 2 N–H and O–H groups in total. The van der Waals surface area contributed by atoms with Gasteiger partial charge in [0.15, 0.2) is 6.29 Å². The molecule has 0 bridgehead atoms. The molecule has 0 saturated heterocycles. The summed E-state index contributed by atoms with van der Waals surface area (Å²) in [6.45, 7) is 0.191. The Kier molecular flexibility index (Phi) is 5.00. The average Bonchev–Trinajstić information content (AvgIpc) is 3.17. The lowest BCUT2D eigenvalue weighted by Crippen LogP contribution is -2.09. The van der Waals surface area contributed by atoms with Crippen molar-refractivity contribution in [3.05, 3.63) is 70.0 Å². The van der Waals surface area contributed by atoms with Crippen LogP contribution in [0.5, 0.6) is 11.5 Å². The van der Waals surface area contributed by atoms with Crippen LogP contribution in [0.2, 0.25) is 10.0 Å². The number of aldehydes is 1. The van der Waals surface area contributed by atoms with Gasteiger partial charge in [0.25, 0.3) is 0 Å². The molecule has 2 aromatic carbocycles. The van der Waals surface area contributed by atoms with Crippen LogP contribution in [0, 0.1) is 0 Å². The van der Waals surface area contributed by atoms with Crippen molar-refractivity contribution >= 4 is 35.3 Å². The Morgan fingerprint density at radius 2 is 1.91 bits per heavy atom. The summed E-state index contributed by atoms with van der Waals surface area (Å²) in [5, 5.41) is 5.43. The van der Waals surface area contributed by atoms with E-state index in [0.29, 0.717) is 44.9 Å². The van der Waals surface area contributed by atoms with Gasteiger partial charge in [-0.3, -0.25) is 4.79 Å². The minimum absolute atomic E-state index is 0.191. The van der Waals surface area contributed by atoms with Gasteiger partial charge in [0.05, 0.1) is 18.5 Å². The van der Waals surface area contributed by atoms with Gasteiger partial charge in [0.2, 0.25) is 0 Å². The van der Waals surface area contributed by atoms with E-state index in [2.05, 4.69) is 10.1 Å². The van der Waals surface area contributed by atoms with Gasteiger partial charge in [-0.15, -0.1) is 0 Å². The van der Waals surface area contributed by atoms with Crippen molar-refractivity contribution in [1.82, 2.24) is 14.8 Å². The Labute approximate surface area is 193 Å². The number of hydrogen-bond acceptors (Lipinski definition) is 6. The Hall–Kier alpha value is -3.55. The van der Waals surface area contributed by atoms with E-state index in [0.717, 1.165) is 22.4 Å². The van der Waals surface area contributed by atoms with Crippen LogP contribution < -0.4 is 15.2 Å². The molecule has 0 atom stereocenters. The molecule has 32 heavy (non-hydrogen) atoms. The summed E-state index contributed by atoms with van der Waals surface area (Å²) < 4.78 is 13.2. The third-order valence-corrected chi connectivity index (χ3v) is 5.68. The molecule has 1 aliphatic rings. The van der Waals surface area contributed by atoms with Crippen LogP contribution in [0.4, 0.5) is 5.82 Å². The maximum absolute atomic E-state index is 11.8. The van der Waals surface area contributed by atoms with Crippen molar-refractivity contribution in [1.29, 1.82) is 0 Å². The number of nitrogens with zero attached hydrogens (tertiary/aromatic N) is 3. The lowest BCUT2D eigenvalue weighted by atomic mass is 9.96. The first-order chi connectivity index (χ1) is 15.5. The van der Waals surface area contributed by atoms with E-state index in [4.69, 9.17) is 38.4 Å². The van der Waals surface area contributed by atoms with E-state index >= 15 is 0 Å². The third kappa shape index (κ3) is 3.36. The number of carbonyl (C=O) groups is 1. The average molecular weight is 467 g/mol. The maximum Gasteiger partial charge on any atom is 0.170 e. The van der Waals surface area contributed by atoms with Crippen LogP contribution in [0.15, 0.2) is 48.7 Å². The summed E-state index contributed by atoms with van der Waals surface area (Å²) in [5.41, 5.74) is 10.4. The molecule has 5 rings (SSSR count). The predicted octanol–water partition coefficient (Wildman–Crippen LogP) is 5.20. The van der Waals surface area contributed by atoms with Crippen LogP contribution in [-0.4, -0.2) is 28.2 Å². The molecular weight excluding hydrogens is 451 g/mol. The number of halogens is 2. The first-order valence-corrected chi connectivity index (χ1v) is 10.3. The zero-order valence-corrected chi connectivity index (χ0v) is 18.3. The largest absolute Gasteiger partial charge is 0.496 e. The molecule has 1 aliphatic heterocycles. The highest BCUT2D eigenvalue weighted by molar-refractivity contribution is 6.34. The van der Waals surface area contributed by atoms with E-state index in [9.17, 15) is 4.79 Å². The second kappa shape index (κ2) is 7.85. The van der Waals surface area contributed by atoms with Crippen molar-refractivity contribution in [3.63, 3.8) is 0 Å². The van der Waals surface area contributed by atoms with E-state index in [-0.39, 0.29) is 12.3 Å². The molecule has 2 aromatic heterocycles. The van der Waals surface area contributed by atoms with Crippen molar-refractivity contribution in [2.45, 2.75) is 6.61 Å². The standard InChI is InChI=1S/C23H16Cl2N4O3/c1-31-20-8-21-17(7-16(20)12-2-3-22(26)27-9-12)23-18(11-32-21)19(10-30)28-29(23)15-5-13(24)4-14(25)6-15/h2-10H,11H2,1H3,(H2,26,27). The number of pyridine rings is 1. The number of carbonyl (C=O) groups excluding carboxylic acids is 1. The first-order valence-electron chi connectivity index (χ1n) is 9.59. The Balaban J connectivity index is 1.78. The Bertz CT molecular complexity index is 1350. The molecule has 0 fully saturated rings. The second-order valence-electron chi connectivity index (χ2n) is 7.18. The number of aromatic nitrogens is 3. The Morgan fingerprint density at radius 3 is 2.56 bits per heavy atom. The fourth-order valence-electron chi connectivity index (χ4n) is 3.80. The lowest BCUT2D eigenvalue weighted by molar-refractivity contribution is 0.111. The van der Waals surface area contributed by atoms with Crippen molar-refractivity contribution < 1.29 is 14.3 Å². The molecule has 7 nitrogen and oxygen atoms in total. The normalized spacial score (nSPS) is 12.0. The summed E-state index contributed by atoms with van der Waals surface area (Å²) in [5.74, 6) is 1.64. The molecule has 3 heterocycles. The maximum atomic E-state index is 11.8. The minimum Gasteiger partial charge on any atom is -0.496 e. The van der Waals surface area contributed by atoms with Gasteiger partial charge in [0, 0.05) is 44.6 Å². The fraction of sp³-hybridized carbons (Fsp3) is 0.0870. The fourth-order valence-corrected chi connectivity index (χ4v) is 4.32. The van der Waals surface area contributed by atoms with Gasteiger partial charge < -0.3 is 15.2 Å². The molecular formula is C23H16Cl2N4O3. The molecule has 0 saturated carbocycles. The Morgan fingerprint density at radius 1 is 1.12 bits per heavy atom. The molecule has 0 unspecified atom stereocenters. The van der Waals surface area contributed by atoms with Crippen LogP contribution in [0.1, 0.15) is 16.1 Å². The molecule has 0 radical (unpaired) electrons. The predicted molar refractivity (Wildman–Crippen MR) is 123 cm³/mol. The van der Waals surface area contributed by atoms with Gasteiger partial charge in [0.1, 0.15) is 29.6 Å². The summed E-state index contributed by atoms with van der Waals surface area (Å²) >= 11 is 12.5. The van der Waals surface area contributed by atoms with Crippen molar-refractivity contribution in [2.75, 3.05) is 12.8 Å². The van der Waals surface area contributed by atoms with Crippen molar-refractivity contribution in [3.8, 4) is 39.6 Å². The number of fused-ring (bicyclic) bond motifs is 3. The van der Waals surface area contributed by atoms with Crippen LogP contribution in [0.3, 0.4) is 0 Å². The highest BCUT2D eigenvalue weighted by Gasteiger charge is 2.29. The zero-order valence-electron chi connectivity index (χ0n) is 16.8. The summed E-state index contributed by atoms with van der Waals surface area (Å²) in [6.07, 6.45) is 2.39. The minimum atomic E-state index is 0.191. The van der Waals surface area contributed by atoms with Gasteiger partial charge in [-0.2, -0.15) is 5.10 Å². The van der Waals surface area contributed by atoms with Crippen LogP contribution in [-0.2, 0) is 6.61 Å². The third-order valence-electron chi connectivity index (χ3n) is 5.24. The summed E-state index contributed by atoms with van der Waals surface area (Å²) in [6, 6.07) is 12.4. The monoisotopic (exact) mass is 466 g/mol. The van der Waals surface area contributed by atoms with E-state index < -0.39 is 0 Å². The highest BCUT2D eigenvalue weighted by atomic mass is 35.5. The summed E-state index contributed by atoms with van der Waals surface area (Å²) in [4.78, 5) is 16.0. The SMILES string of the molecule is COc1cc2c(cc1-c1ccc(N)nc1)-c1c(c(C=O)nn1-c1cc(Cl)cc(Cl)c1)CO2. The number of nitrogen functional groups attached to an aromatic ring is 1. The number of ether oxygens (including phenoxy) is 2. The van der Waals surface area contributed by atoms with Crippen LogP contribution >= 0.6 is 23.2 Å². The number of rotatable bonds is 4. The topological polar surface area (TPSA) is 92.3 Å². The number of nitrogens with two attached hydrogens (primary N) is 1. The van der Waals surface area contributed by atoms with Crippen molar-refractivity contribution in [2.24, 2.45) is 0 Å². The van der Waals surface area contributed by atoms with Gasteiger partial charge in [-0.1, -0.05) is 23.2 Å². The summed E-state index contributed by atoms with van der Waals surface area (Å²) in [7, 11) is 1.59. The number of methoxy groups -OCH3 is 1. The lowest BCUT2D eigenvalue weighted by Gasteiger charge is -2.22. The quantitative estimate of drug-likeness (QED) is 0.415. The number of hydrogen-bond donors (Lipinski definition) is 1. The first kappa shape index (κ1) is 20.4. The highest BCUT2D eigenvalue weighted by Crippen LogP contribution is 2.46. The second-order valence-corrected chi connectivity index (χ2v) is 8.05. The zero-order chi connectivity index (χ0) is 22.4. The van der Waals surface area contributed by atoms with Gasteiger partial charge >= 0.3 is 0 Å². The van der Waals surface area contributed by atoms with Gasteiger partial charge in [-0.05, 0) is 36.4 Å². The van der Waals surface area contributed by atoms with E-state index in [1.165, 1.54) is 0 Å². The smallest absolute Gasteiger partial charge is 0.170 e. The van der Waals surface area contributed by atoms with Crippen LogP contribution in [0.25, 0.3) is 28.1 Å². The van der Waals surface area contributed by atoms with E-state index in [1.807, 2.05) is 18.2 Å². The molecule has 0 amide bonds.